The van der Waals surface area contributed by atoms with Crippen molar-refractivity contribution >= 4 is 5.91 Å². The molecule has 1 N–H and O–H groups in total. The Balaban J connectivity index is 2.11. The zero-order valence-corrected chi connectivity index (χ0v) is 16.1. The highest BCUT2D eigenvalue weighted by molar-refractivity contribution is 5.94. The number of amides is 1. The van der Waals surface area contributed by atoms with Gasteiger partial charge < -0.3 is 24.3 Å². The van der Waals surface area contributed by atoms with Crippen molar-refractivity contribution in [1.29, 1.82) is 0 Å². The molecule has 0 bridgehead atoms. The molecule has 0 unspecified atom stereocenters. The normalized spacial score (nSPS) is 10.1. The van der Waals surface area contributed by atoms with Gasteiger partial charge in [-0.2, -0.15) is 0 Å². The van der Waals surface area contributed by atoms with Crippen molar-refractivity contribution < 1.29 is 23.7 Å². The van der Waals surface area contributed by atoms with Crippen molar-refractivity contribution in [3.8, 4) is 23.0 Å². The largest absolute Gasteiger partial charge is 0.493 e. The first-order valence-electron chi connectivity index (χ1n) is 8.43. The van der Waals surface area contributed by atoms with E-state index in [-0.39, 0.29) is 12.5 Å². The average molecular weight is 371 g/mol. The maximum Gasteiger partial charge on any atom is 0.251 e. The number of methoxy groups -OCH3 is 3. The summed E-state index contributed by atoms with van der Waals surface area (Å²) in [5.41, 5.74) is 2.19. The van der Waals surface area contributed by atoms with Crippen LogP contribution in [0.5, 0.6) is 23.0 Å². The maximum atomic E-state index is 12.5. The zero-order chi connectivity index (χ0) is 19.8. The molecule has 0 saturated heterocycles. The van der Waals surface area contributed by atoms with Crippen LogP contribution in [0.25, 0.3) is 0 Å². The van der Waals surface area contributed by atoms with Gasteiger partial charge in [0.05, 0.1) is 21.3 Å². The Labute approximate surface area is 159 Å². The van der Waals surface area contributed by atoms with E-state index in [4.69, 9.17) is 18.9 Å². The number of ether oxygens (including phenoxy) is 4. The minimum absolute atomic E-state index is 0.215. The molecule has 6 nitrogen and oxygen atoms in total. The number of nitrogens with one attached hydrogen (secondary N) is 1. The number of hydrogen-bond donors (Lipinski definition) is 1. The predicted octanol–water partition coefficient (Wildman–Crippen LogP) is 3.60. The summed E-state index contributed by atoms with van der Waals surface area (Å²) in [6.07, 6.45) is 0. The second-order valence-electron chi connectivity index (χ2n) is 5.95. The van der Waals surface area contributed by atoms with Crippen LogP contribution in [0, 0.1) is 0 Å². The van der Waals surface area contributed by atoms with Crippen LogP contribution in [-0.4, -0.2) is 33.8 Å². The van der Waals surface area contributed by atoms with Gasteiger partial charge in [-0.05, 0) is 42.8 Å². The highest BCUT2D eigenvalue weighted by Gasteiger charge is 2.16. The summed E-state index contributed by atoms with van der Waals surface area (Å²) in [4.78, 5) is 12.5. The predicted molar refractivity (Wildman–Crippen MR) is 104 cm³/mol. The molecule has 27 heavy (non-hydrogen) atoms. The van der Waals surface area contributed by atoms with Gasteiger partial charge in [0.25, 0.3) is 5.91 Å². The Bertz CT molecular complexity index is 816. The summed E-state index contributed by atoms with van der Waals surface area (Å²) in [6, 6.07) is 10.6. The molecule has 0 radical (unpaired) electrons. The molecule has 2 rings (SSSR count). The fourth-order valence-electron chi connectivity index (χ4n) is 2.51. The van der Waals surface area contributed by atoms with Gasteiger partial charge in [0.15, 0.2) is 11.5 Å². The lowest BCUT2D eigenvalue weighted by atomic mass is 10.1. The molecule has 0 heterocycles. The molecule has 0 aliphatic rings. The first kappa shape index (κ1) is 20.2. The smallest absolute Gasteiger partial charge is 0.251 e. The van der Waals surface area contributed by atoms with Crippen molar-refractivity contribution in [2.75, 3.05) is 27.9 Å². The molecule has 2 aromatic carbocycles. The average Bonchev–Trinajstić information content (AvgIpc) is 2.69. The summed E-state index contributed by atoms with van der Waals surface area (Å²) in [5.74, 6) is 1.98. The summed E-state index contributed by atoms with van der Waals surface area (Å²) in [6.45, 7) is 6.37. The van der Waals surface area contributed by atoms with Crippen molar-refractivity contribution in [2.45, 2.75) is 13.5 Å². The molecule has 0 aliphatic heterocycles. The van der Waals surface area contributed by atoms with Crippen LogP contribution in [0.1, 0.15) is 22.8 Å². The lowest BCUT2D eigenvalue weighted by Gasteiger charge is -2.16. The van der Waals surface area contributed by atoms with Gasteiger partial charge in [-0.1, -0.05) is 12.6 Å². The van der Waals surface area contributed by atoms with Gasteiger partial charge in [0, 0.05) is 17.7 Å². The van der Waals surface area contributed by atoms with E-state index in [1.807, 2.05) is 13.0 Å². The lowest BCUT2D eigenvalue weighted by Crippen LogP contribution is -2.23. The van der Waals surface area contributed by atoms with Crippen molar-refractivity contribution in [3.63, 3.8) is 0 Å². The van der Waals surface area contributed by atoms with Crippen LogP contribution < -0.4 is 24.3 Å². The Morgan fingerprint density at radius 2 is 1.78 bits per heavy atom. The Morgan fingerprint density at radius 3 is 2.41 bits per heavy atom. The Morgan fingerprint density at radius 1 is 1.04 bits per heavy atom. The van der Waals surface area contributed by atoms with Crippen LogP contribution in [0.4, 0.5) is 0 Å². The molecule has 0 aliphatic carbocycles. The number of carbonyl (C=O) groups excluding carboxylic acids is 1. The standard InChI is InChI=1S/C21H25NO5/c1-14(2)13-27-17-8-6-7-15(11-17)21(23)22-12-16-9-10-18(24-3)20(26-5)19(16)25-4/h6-11H,1,12-13H2,2-5H3,(H,22,23). The minimum Gasteiger partial charge on any atom is -0.493 e. The minimum atomic E-state index is -0.215. The molecule has 1 amide bonds. The highest BCUT2D eigenvalue weighted by atomic mass is 16.5. The Hall–Kier alpha value is -3.15. The number of hydrogen-bond acceptors (Lipinski definition) is 5. The molecule has 0 saturated carbocycles. The molecule has 144 valence electrons. The van der Waals surface area contributed by atoms with Crippen LogP contribution in [0.15, 0.2) is 48.6 Å². The number of rotatable bonds is 9. The summed E-state index contributed by atoms with van der Waals surface area (Å²) >= 11 is 0. The van der Waals surface area contributed by atoms with E-state index >= 15 is 0 Å². The third kappa shape index (κ3) is 5.17. The molecule has 0 spiro atoms. The fraction of sp³-hybridized carbons (Fsp3) is 0.286. The van der Waals surface area contributed by atoms with E-state index < -0.39 is 0 Å². The first-order chi connectivity index (χ1) is 13.0. The molecule has 0 atom stereocenters. The van der Waals surface area contributed by atoms with E-state index in [0.717, 1.165) is 11.1 Å². The Kier molecular flexibility index (Phi) is 7.11. The zero-order valence-electron chi connectivity index (χ0n) is 16.1. The third-order valence-corrected chi connectivity index (χ3v) is 3.81. The van der Waals surface area contributed by atoms with Gasteiger partial charge in [-0.25, -0.2) is 0 Å². The second-order valence-corrected chi connectivity index (χ2v) is 5.95. The molecular formula is C21H25NO5. The van der Waals surface area contributed by atoms with Gasteiger partial charge in [0.1, 0.15) is 12.4 Å². The fourth-order valence-corrected chi connectivity index (χ4v) is 2.51. The molecule has 2 aromatic rings. The third-order valence-electron chi connectivity index (χ3n) is 3.81. The quantitative estimate of drug-likeness (QED) is 0.682. The maximum absolute atomic E-state index is 12.5. The molecule has 6 heteroatoms. The van der Waals surface area contributed by atoms with E-state index in [1.165, 1.54) is 0 Å². The number of benzene rings is 2. The van der Waals surface area contributed by atoms with E-state index in [2.05, 4.69) is 11.9 Å². The van der Waals surface area contributed by atoms with E-state index in [1.54, 1.807) is 51.7 Å². The second kappa shape index (κ2) is 9.52. The van der Waals surface area contributed by atoms with Crippen molar-refractivity contribution in [2.24, 2.45) is 0 Å². The van der Waals surface area contributed by atoms with Crippen LogP contribution >= 0.6 is 0 Å². The molecule has 0 aromatic heterocycles. The van der Waals surface area contributed by atoms with Gasteiger partial charge in [-0.3, -0.25) is 4.79 Å². The van der Waals surface area contributed by atoms with Gasteiger partial charge in [0.2, 0.25) is 5.75 Å². The van der Waals surface area contributed by atoms with E-state index in [0.29, 0.717) is 35.2 Å². The molecule has 0 fully saturated rings. The summed E-state index contributed by atoms with van der Waals surface area (Å²) in [7, 11) is 4.64. The van der Waals surface area contributed by atoms with Gasteiger partial charge >= 0.3 is 0 Å². The summed E-state index contributed by atoms with van der Waals surface area (Å²) < 4.78 is 21.7. The van der Waals surface area contributed by atoms with Gasteiger partial charge in [-0.15, -0.1) is 0 Å². The van der Waals surface area contributed by atoms with Crippen LogP contribution in [0.2, 0.25) is 0 Å². The first-order valence-corrected chi connectivity index (χ1v) is 8.43. The lowest BCUT2D eigenvalue weighted by molar-refractivity contribution is 0.0950. The van der Waals surface area contributed by atoms with Crippen molar-refractivity contribution in [3.05, 3.63) is 59.7 Å². The SMILES string of the molecule is C=C(C)COc1cccc(C(=O)NCc2ccc(OC)c(OC)c2OC)c1. The van der Waals surface area contributed by atoms with Crippen LogP contribution in [-0.2, 0) is 6.54 Å². The van der Waals surface area contributed by atoms with Crippen LogP contribution in [0.3, 0.4) is 0 Å². The summed E-state index contributed by atoms with van der Waals surface area (Å²) in [5, 5.41) is 2.88. The highest BCUT2D eigenvalue weighted by Crippen LogP contribution is 2.39. The topological polar surface area (TPSA) is 66.0 Å². The molecular weight excluding hydrogens is 346 g/mol. The monoisotopic (exact) mass is 371 g/mol. The van der Waals surface area contributed by atoms with Crippen molar-refractivity contribution in [1.82, 2.24) is 5.32 Å². The number of carbonyl (C=O) groups is 1. The van der Waals surface area contributed by atoms with E-state index in [9.17, 15) is 4.79 Å².